The first kappa shape index (κ1) is 17.3. The number of nitrogens with one attached hydrogen (secondary N) is 2. The van der Waals surface area contributed by atoms with E-state index < -0.39 is 10.6 Å². The van der Waals surface area contributed by atoms with E-state index in [2.05, 4.69) is 25.6 Å². The maximum atomic E-state index is 9.85. The average molecular weight is 345 g/mol. The highest BCUT2D eigenvalue weighted by atomic mass is 35.5. The highest BCUT2D eigenvalue weighted by Crippen LogP contribution is 2.27. The largest absolute Gasteiger partial charge is 0.467 e. The van der Waals surface area contributed by atoms with Crippen LogP contribution in [0.25, 0.3) is 0 Å². The van der Waals surface area contributed by atoms with Crippen molar-refractivity contribution in [2.75, 3.05) is 23.6 Å². The summed E-state index contributed by atoms with van der Waals surface area (Å²) in [5.41, 5.74) is 0. The number of aliphatic hydroxyl groups excluding tert-OH is 1. The average Bonchev–Trinajstić information content (AvgIpc) is 2.37. The van der Waals surface area contributed by atoms with Gasteiger partial charge in [-0.1, -0.05) is 23.2 Å². The third-order valence-electron chi connectivity index (χ3n) is 2.06. The van der Waals surface area contributed by atoms with Crippen LogP contribution in [0, 0.1) is 0 Å². The van der Waals surface area contributed by atoms with E-state index in [4.69, 9.17) is 39.5 Å². The first-order chi connectivity index (χ1) is 9.28. The van der Waals surface area contributed by atoms with E-state index in [0.29, 0.717) is 5.95 Å². The second kappa shape index (κ2) is 7.31. The van der Waals surface area contributed by atoms with E-state index in [0.717, 1.165) is 0 Å². The van der Waals surface area contributed by atoms with Crippen molar-refractivity contribution in [1.82, 2.24) is 15.0 Å². The van der Waals surface area contributed by atoms with E-state index in [1.165, 1.54) is 7.11 Å². The number of hydrogen-bond acceptors (Lipinski definition) is 7. The minimum Gasteiger partial charge on any atom is -0.467 e. The van der Waals surface area contributed by atoms with Gasteiger partial charge in [-0.25, -0.2) is 0 Å². The van der Waals surface area contributed by atoms with Crippen molar-refractivity contribution in [2.24, 2.45) is 0 Å². The molecule has 0 amide bonds. The number of hydrogen-bond donors (Lipinski definition) is 3. The van der Waals surface area contributed by atoms with Crippen LogP contribution in [-0.2, 0) is 0 Å². The quantitative estimate of drug-likeness (QED) is 0.513. The number of rotatable bonds is 7. The van der Waals surface area contributed by atoms with Gasteiger partial charge in [0.15, 0.2) is 10.6 Å². The lowest BCUT2D eigenvalue weighted by Gasteiger charge is -2.24. The summed E-state index contributed by atoms with van der Waals surface area (Å²) in [6, 6.07) is 0.196. The summed E-state index contributed by atoms with van der Waals surface area (Å²) in [7, 11) is 1.42. The number of aromatic nitrogens is 3. The van der Waals surface area contributed by atoms with Gasteiger partial charge in [0.25, 0.3) is 0 Å². The Morgan fingerprint density at radius 1 is 1.20 bits per heavy atom. The van der Waals surface area contributed by atoms with E-state index in [1.54, 1.807) is 0 Å². The Morgan fingerprint density at radius 3 is 2.20 bits per heavy atom. The summed E-state index contributed by atoms with van der Waals surface area (Å²) in [6.45, 7) is 3.85. The molecule has 0 saturated heterocycles. The summed E-state index contributed by atoms with van der Waals surface area (Å²) >= 11 is 17.2. The van der Waals surface area contributed by atoms with Crippen molar-refractivity contribution < 1.29 is 9.84 Å². The van der Waals surface area contributed by atoms with Crippen LogP contribution in [0.5, 0.6) is 6.01 Å². The topological polar surface area (TPSA) is 92.2 Å². The number of anilines is 2. The maximum absolute atomic E-state index is 9.85. The molecule has 20 heavy (non-hydrogen) atoms. The molecule has 0 aliphatic heterocycles. The van der Waals surface area contributed by atoms with Gasteiger partial charge in [-0.15, -0.1) is 11.6 Å². The lowest BCUT2D eigenvalue weighted by Crippen LogP contribution is -2.39. The van der Waals surface area contributed by atoms with Crippen LogP contribution in [0.1, 0.15) is 13.8 Å². The fraction of sp³-hybridized carbons (Fsp3) is 0.700. The number of alkyl halides is 3. The summed E-state index contributed by atoms with van der Waals surface area (Å²) in [6.07, 6.45) is -1.36. The van der Waals surface area contributed by atoms with Crippen molar-refractivity contribution in [3.63, 3.8) is 0 Å². The number of aliphatic hydroxyl groups is 1. The Bertz CT molecular complexity index is 447. The third-order valence-corrected chi connectivity index (χ3v) is 3.44. The molecule has 0 aliphatic rings. The van der Waals surface area contributed by atoms with Crippen LogP contribution in [0.3, 0.4) is 0 Å². The number of halogens is 3. The molecule has 1 aromatic rings. The first-order valence-corrected chi connectivity index (χ1v) is 7.02. The molecule has 0 aromatic carbocycles. The summed E-state index contributed by atoms with van der Waals surface area (Å²) in [4.78, 5) is 12.0. The third kappa shape index (κ3) is 4.97. The van der Waals surface area contributed by atoms with Crippen molar-refractivity contribution in [3.05, 3.63) is 0 Å². The van der Waals surface area contributed by atoms with Crippen molar-refractivity contribution >= 4 is 46.7 Å². The lowest BCUT2D eigenvalue weighted by atomic mass is 10.4. The Labute approximate surface area is 132 Å². The molecule has 1 unspecified atom stereocenters. The van der Waals surface area contributed by atoms with Gasteiger partial charge >= 0.3 is 6.01 Å². The van der Waals surface area contributed by atoms with Crippen LogP contribution in [0.2, 0.25) is 0 Å². The van der Waals surface area contributed by atoms with Crippen LogP contribution in [0.15, 0.2) is 0 Å². The van der Waals surface area contributed by atoms with Gasteiger partial charge in [-0.2, -0.15) is 15.0 Å². The molecule has 0 saturated carbocycles. The molecule has 114 valence electrons. The SMILES string of the molecule is COc1nc(NC(C)C)nc(NC(O)C(Cl)(Cl)CCl)n1. The molecular weight excluding hydrogens is 329 g/mol. The van der Waals surface area contributed by atoms with Crippen LogP contribution < -0.4 is 15.4 Å². The zero-order valence-electron chi connectivity index (χ0n) is 11.2. The number of nitrogens with zero attached hydrogens (tertiary/aromatic N) is 3. The molecule has 0 fully saturated rings. The predicted molar refractivity (Wildman–Crippen MR) is 79.9 cm³/mol. The monoisotopic (exact) mass is 343 g/mol. The molecule has 1 atom stereocenters. The maximum Gasteiger partial charge on any atom is 0.322 e. The van der Waals surface area contributed by atoms with Gasteiger partial charge in [0.05, 0.1) is 13.0 Å². The van der Waals surface area contributed by atoms with E-state index in [-0.39, 0.29) is 23.9 Å². The highest BCUT2D eigenvalue weighted by Gasteiger charge is 2.33. The van der Waals surface area contributed by atoms with Crippen LogP contribution in [-0.4, -0.2) is 49.7 Å². The second-order valence-corrected chi connectivity index (χ2v) is 6.02. The lowest BCUT2D eigenvalue weighted by molar-refractivity contribution is 0.190. The van der Waals surface area contributed by atoms with Crippen molar-refractivity contribution in [3.8, 4) is 6.01 Å². The van der Waals surface area contributed by atoms with Crippen LogP contribution >= 0.6 is 34.8 Å². The molecule has 7 nitrogen and oxygen atoms in total. The van der Waals surface area contributed by atoms with Crippen molar-refractivity contribution in [2.45, 2.75) is 30.5 Å². The van der Waals surface area contributed by atoms with Gasteiger partial charge in [0.1, 0.15) is 0 Å². The van der Waals surface area contributed by atoms with Gasteiger partial charge < -0.3 is 20.5 Å². The highest BCUT2D eigenvalue weighted by molar-refractivity contribution is 6.52. The number of methoxy groups -OCH3 is 1. The zero-order chi connectivity index (χ0) is 15.3. The normalized spacial score (nSPS) is 13.2. The Hall–Kier alpha value is -0.760. The van der Waals surface area contributed by atoms with E-state index in [1.807, 2.05) is 13.8 Å². The smallest absolute Gasteiger partial charge is 0.322 e. The molecule has 10 heteroatoms. The molecule has 0 bridgehead atoms. The molecule has 1 aromatic heterocycles. The first-order valence-electron chi connectivity index (χ1n) is 5.73. The molecule has 3 N–H and O–H groups in total. The second-order valence-electron chi connectivity index (χ2n) is 4.21. The van der Waals surface area contributed by atoms with Crippen molar-refractivity contribution in [1.29, 1.82) is 0 Å². The standard InChI is InChI=1S/C10H16Cl3N5O2/c1-5(2)14-7-16-8(18-9(17-7)20-3)15-6(19)10(12,13)4-11/h5-6,19H,4H2,1-3H3,(H2,14,15,16,17,18). The predicted octanol–water partition coefficient (Wildman–Crippen LogP) is 1.84. The van der Waals surface area contributed by atoms with Gasteiger partial charge in [0.2, 0.25) is 11.9 Å². The fourth-order valence-corrected chi connectivity index (χ4v) is 1.39. The molecular formula is C10H16Cl3N5O2. The molecule has 1 rings (SSSR count). The summed E-state index contributed by atoms with van der Waals surface area (Å²) in [5.74, 6) is 0.175. The molecule has 0 radical (unpaired) electrons. The Morgan fingerprint density at radius 2 is 1.75 bits per heavy atom. The molecule has 0 spiro atoms. The van der Waals surface area contributed by atoms with E-state index >= 15 is 0 Å². The van der Waals surface area contributed by atoms with E-state index in [9.17, 15) is 5.11 Å². The minimum absolute atomic E-state index is 0.0586. The molecule has 0 aliphatic carbocycles. The summed E-state index contributed by atoms with van der Waals surface area (Å²) in [5, 5.41) is 15.4. The number of ether oxygens (including phenoxy) is 1. The van der Waals surface area contributed by atoms with Gasteiger partial charge in [-0.3, -0.25) is 0 Å². The molecule has 1 heterocycles. The zero-order valence-corrected chi connectivity index (χ0v) is 13.5. The Kier molecular flexibility index (Phi) is 6.32. The summed E-state index contributed by atoms with van der Waals surface area (Å²) < 4.78 is 3.38. The van der Waals surface area contributed by atoms with Gasteiger partial charge in [-0.05, 0) is 13.8 Å². The van der Waals surface area contributed by atoms with Crippen LogP contribution in [0.4, 0.5) is 11.9 Å². The Balaban J connectivity index is 2.94. The van der Waals surface area contributed by atoms with Gasteiger partial charge in [0, 0.05) is 6.04 Å². The minimum atomic E-state index is -1.58. The fourth-order valence-electron chi connectivity index (χ4n) is 1.14.